The molecule has 1 N–H and O–H groups in total. The van der Waals surface area contributed by atoms with E-state index in [0.717, 1.165) is 22.9 Å². The second kappa shape index (κ2) is 7.98. The summed E-state index contributed by atoms with van der Waals surface area (Å²) in [6.07, 6.45) is 4.88. The molecule has 2 aliphatic heterocycles. The van der Waals surface area contributed by atoms with Crippen molar-refractivity contribution in [1.82, 2.24) is 0 Å². The van der Waals surface area contributed by atoms with Gasteiger partial charge in [0, 0.05) is 32.3 Å². The van der Waals surface area contributed by atoms with Crippen molar-refractivity contribution in [3.63, 3.8) is 0 Å². The van der Waals surface area contributed by atoms with Gasteiger partial charge in [-0.05, 0) is 12.0 Å². The van der Waals surface area contributed by atoms with Crippen LogP contribution in [0.15, 0.2) is 30.3 Å². The minimum absolute atomic E-state index is 0. The van der Waals surface area contributed by atoms with Gasteiger partial charge in [0.05, 0.1) is 32.1 Å². The van der Waals surface area contributed by atoms with E-state index in [4.69, 9.17) is 4.74 Å². The highest BCUT2D eigenvalue weighted by Crippen LogP contribution is 2.41. The minimum Gasteiger partial charge on any atom is -1.00 e. The molecule has 3 rings (SSSR count). The Hall–Kier alpha value is -0.910. The quantitative estimate of drug-likeness (QED) is 0.536. The molecule has 2 bridgehead atoms. The SMILES string of the molecule is C[N+]1(C)C2CCC1CC(OC(=O)C(CCO)c1ccccc1)C2.[Br-]. The fraction of sp³-hybridized carbons (Fsp3) is 0.632. The lowest BCUT2D eigenvalue weighted by Gasteiger charge is -2.44. The Morgan fingerprint density at radius 1 is 1.21 bits per heavy atom. The number of halogens is 1. The highest BCUT2D eigenvalue weighted by atomic mass is 79.9. The summed E-state index contributed by atoms with van der Waals surface area (Å²) < 4.78 is 6.95. The molecule has 0 radical (unpaired) electrons. The average Bonchev–Trinajstić information content (AvgIpc) is 2.71. The number of quaternary nitrogens is 1. The number of esters is 1. The first-order valence-electron chi connectivity index (χ1n) is 8.72. The van der Waals surface area contributed by atoms with E-state index in [1.807, 2.05) is 30.3 Å². The Morgan fingerprint density at radius 2 is 1.79 bits per heavy atom. The number of rotatable bonds is 5. The molecule has 2 heterocycles. The molecule has 24 heavy (non-hydrogen) atoms. The largest absolute Gasteiger partial charge is 1.00 e. The normalized spacial score (nSPS) is 28.7. The molecule has 3 atom stereocenters. The van der Waals surface area contributed by atoms with E-state index in [-0.39, 0.29) is 41.6 Å². The molecule has 0 saturated carbocycles. The number of carbonyl (C=O) groups is 1. The molecule has 0 spiro atoms. The van der Waals surface area contributed by atoms with E-state index in [2.05, 4.69) is 14.1 Å². The van der Waals surface area contributed by atoms with Crippen LogP contribution in [0, 0.1) is 0 Å². The van der Waals surface area contributed by atoms with Crippen molar-refractivity contribution in [2.45, 2.75) is 56.2 Å². The molecular formula is C19H28BrNO3. The number of hydrogen-bond donors (Lipinski definition) is 1. The molecule has 1 aromatic rings. The van der Waals surface area contributed by atoms with E-state index in [9.17, 15) is 9.90 Å². The first-order chi connectivity index (χ1) is 11.0. The monoisotopic (exact) mass is 397 g/mol. The molecule has 0 aliphatic carbocycles. The van der Waals surface area contributed by atoms with Gasteiger partial charge in [0.15, 0.2) is 0 Å². The maximum Gasteiger partial charge on any atom is 0.313 e. The number of aliphatic hydroxyl groups excluding tert-OH is 1. The molecule has 0 amide bonds. The Balaban J connectivity index is 0.00000208. The summed E-state index contributed by atoms with van der Waals surface area (Å²) in [6.45, 7) is -0.00546. The van der Waals surface area contributed by atoms with Crippen molar-refractivity contribution in [3.8, 4) is 0 Å². The summed E-state index contributed by atoms with van der Waals surface area (Å²) in [6, 6.07) is 10.9. The van der Waals surface area contributed by atoms with Crippen LogP contribution in [-0.2, 0) is 9.53 Å². The van der Waals surface area contributed by atoms with E-state index in [1.54, 1.807) is 0 Å². The highest BCUT2D eigenvalue weighted by molar-refractivity contribution is 5.78. The summed E-state index contributed by atoms with van der Waals surface area (Å²) in [4.78, 5) is 12.7. The average molecular weight is 398 g/mol. The van der Waals surface area contributed by atoms with Gasteiger partial charge in [-0.2, -0.15) is 0 Å². The number of piperidine rings is 1. The number of carbonyl (C=O) groups excluding carboxylic acids is 1. The number of benzene rings is 1. The predicted molar refractivity (Wildman–Crippen MR) is 88.9 cm³/mol. The van der Waals surface area contributed by atoms with Gasteiger partial charge in [0.2, 0.25) is 0 Å². The highest BCUT2D eigenvalue weighted by Gasteiger charge is 2.50. The molecule has 0 aromatic heterocycles. The second-order valence-corrected chi connectivity index (χ2v) is 7.52. The van der Waals surface area contributed by atoms with E-state index < -0.39 is 0 Å². The molecule has 1 aromatic carbocycles. The lowest BCUT2D eigenvalue weighted by atomic mass is 9.95. The zero-order chi connectivity index (χ0) is 16.4. The number of hydrogen-bond acceptors (Lipinski definition) is 3. The minimum atomic E-state index is -0.358. The lowest BCUT2D eigenvalue weighted by Crippen LogP contribution is -3.00. The molecule has 3 unspecified atom stereocenters. The van der Waals surface area contributed by atoms with Crippen molar-refractivity contribution < 1.29 is 36.1 Å². The molecule has 2 saturated heterocycles. The van der Waals surface area contributed by atoms with E-state index in [1.165, 1.54) is 12.8 Å². The second-order valence-electron chi connectivity index (χ2n) is 7.52. The predicted octanol–water partition coefficient (Wildman–Crippen LogP) is -0.530. The first-order valence-corrected chi connectivity index (χ1v) is 8.72. The van der Waals surface area contributed by atoms with E-state index >= 15 is 0 Å². The van der Waals surface area contributed by atoms with Gasteiger partial charge in [0.1, 0.15) is 6.10 Å². The van der Waals surface area contributed by atoms with Crippen LogP contribution in [0.4, 0.5) is 0 Å². The molecule has 5 heteroatoms. The van der Waals surface area contributed by atoms with Crippen LogP contribution >= 0.6 is 0 Å². The molecule has 2 fully saturated rings. The van der Waals surface area contributed by atoms with Gasteiger partial charge in [-0.25, -0.2) is 0 Å². The Morgan fingerprint density at radius 3 is 2.33 bits per heavy atom. The summed E-state index contributed by atoms with van der Waals surface area (Å²) in [5, 5.41) is 9.31. The van der Waals surface area contributed by atoms with Crippen LogP contribution in [-0.4, -0.2) is 54.4 Å². The summed E-state index contributed by atoms with van der Waals surface area (Å²) in [5.41, 5.74) is 0.932. The maximum absolute atomic E-state index is 12.7. The maximum atomic E-state index is 12.7. The lowest BCUT2D eigenvalue weighted by molar-refractivity contribution is -0.931. The van der Waals surface area contributed by atoms with Crippen LogP contribution in [0.2, 0.25) is 0 Å². The van der Waals surface area contributed by atoms with Crippen molar-refractivity contribution in [3.05, 3.63) is 35.9 Å². The van der Waals surface area contributed by atoms with Gasteiger partial charge < -0.3 is 31.3 Å². The van der Waals surface area contributed by atoms with Gasteiger partial charge in [-0.15, -0.1) is 0 Å². The third kappa shape index (κ3) is 3.84. The van der Waals surface area contributed by atoms with E-state index in [0.29, 0.717) is 18.5 Å². The number of nitrogens with zero attached hydrogens (tertiary/aromatic N) is 1. The fourth-order valence-electron chi connectivity index (χ4n) is 4.41. The van der Waals surface area contributed by atoms with Crippen LogP contribution in [0.25, 0.3) is 0 Å². The molecule has 2 aliphatic rings. The summed E-state index contributed by atoms with van der Waals surface area (Å²) >= 11 is 0. The topological polar surface area (TPSA) is 46.5 Å². The van der Waals surface area contributed by atoms with Gasteiger partial charge in [-0.3, -0.25) is 4.79 Å². The third-order valence-electron chi connectivity index (χ3n) is 5.97. The Kier molecular flexibility index (Phi) is 6.46. The Labute approximate surface area is 155 Å². The van der Waals surface area contributed by atoms with Gasteiger partial charge in [0.25, 0.3) is 0 Å². The van der Waals surface area contributed by atoms with Crippen LogP contribution < -0.4 is 17.0 Å². The number of ether oxygens (including phenoxy) is 1. The van der Waals surface area contributed by atoms with Crippen LogP contribution in [0.3, 0.4) is 0 Å². The zero-order valence-electron chi connectivity index (χ0n) is 14.5. The smallest absolute Gasteiger partial charge is 0.313 e. The summed E-state index contributed by atoms with van der Waals surface area (Å²) in [5.74, 6) is -0.537. The molecular weight excluding hydrogens is 370 g/mol. The van der Waals surface area contributed by atoms with Crippen LogP contribution in [0.5, 0.6) is 0 Å². The molecule has 4 nitrogen and oxygen atoms in total. The number of aliphatic hydroxyl groups is 1. The molecule has 134 valence electrons. The van der Waals surface area contributed by atoms with Gasteiger partial charge >= 0.3 is 5.97 Å². The van der Waals surface area contributed by atoms with Crippen LogP contribution in [0.1, 0.15) is 43.6 Å². The standard InChI is InChI=1S/C19H28NO3.BrH/c1-20(2)15-8-9-16(20)13-17(12-15)23-19(22)18(10-11-21)14-6-4-3-5-7-14;/h3-7,15-18,21H,8-13H2,1-2H3;1H/q+1;/p-1. The van der Waals surface area contributed by atoms with Gasteiger partial charge in [-0.1, -0.05) is 30.3 Å². The third-order valence-corrected chi connectivity index (χ3v) is 5.97. The van der Waals surface area contributed by atoms with Crippen molar-refractivity contribution in [2.75, 3.05) is 20.7 Å². The fourth-order valence-corrected chi connectivity index (χ4v) is 4.41. The number of fused-ring (bicyclic) bond motifs is 2. The van der Waals surface area contributed by atoms with Crippen molar-refractivity contribution in [2.24, 2.45) is 0 Å². The zero-order valence-corrected chi connectivity index (χ0v) is 16.1. The van der Waals surface area contributed by atoms with Crippen molar-refractivity contribution >= 4 is 5.97 Å². The summed E-state index contributed by atoms with van der Waals surface area (Å²) in [7, 11) is 4.61. The Bertz CT molecular complexity index is 533. The van der Waals surface area contributed by atoms with Crippen molar-refractivity contribution in [1.29, 1.82) is 0 Å². The first kappa shape index (κ1) is 19.4.